The quantitative estimate of drug-likeness (QED) is 0.833. The minimum atomic E-state index is -0.837. The van der Waals surface area contributed by atoms with Crippen LogP contribution in [-0.4, -0.2) is 15.1 Å². The number of aromatic nitrogens is 2. The lowest BCUT2D eigenvalue weighted by Gasteiger charge is -2.30. The van der Waals surface area contributed by atoms with Gasteiger partial charge in [0.15, 0.2) is 0 Å². The van der Waals surface area contributed by atoms with Gasteiger partial charge in [0.25, 0.3) is 0 Å². The highest BCUT2D eigenvalue weighted by molar-refractivity contribution is 5.08. The first kappa shape index (κ1) is 13.1. The molecule has 16 heavy (non-hydrogen) atoms. The molecule has 0 aliphatic carbocycles. The summed E-state index contributed by atoms with van der Waals surface area (Å²) in [5.74, 6) is 0.872. The van der Waals surface area contributed by atoms with Gasteiger partial charge in [-0.05, 0) is 24.7 Å². The van der Waals surface area contributed by atoms with E-state index in [0.29, 0.717) is 17.5 Å². The molecule has 0 radical (unpaired) electrons. The van der Waals surface area contributed by atoms with Crippen LogP contribution >= 0.6 is 0 Å². The third-order valence-corrected chi connectivity index (χ3v) is 2.53. The van der Waals surface area contributed by atoms with Gasteiger partial charge in [0.05, 0.1) is 11.9 Å². The highest BCUT2D eigenvalue weighted by Gasteiger charge is 2.32. The fourth-order valence-corrected chi connectivity index (χ4v) is 2.18. The zero-order valence-electron chi connectivity index (χ0n) is 10.6. The van der Waals surface area contributed by atoms with E-state index in [0.717, 1.165) is 12.8 Å². The monoisotopic (exact) mass is 222 g/mol. The van der Waals surface area contributed by atoms with Crippen molar-refractivity contribution in [3.05, 3.63) is 24.3 Å². The Balaban J connectivity index is 2.95. The second-order valence-corrected chi connectivity index (χ2v) is 5.32. The van der Waals surface area contributed by atoms with E-state index >= 15 is 0 Å². The Morgan fingerprint density at radius 3 is 2.06 bits per heavy atom. The van der Waals surface area contributed by atoms with E-state index in [1.54, 1.807) is 18.6 Å². The van der Waals surface area contributed by atoms with E-state index in [9.17, 15) is 5.11 Å². The van der Waals surface area contributed by atoms with Crippen molar-refractivity contribution >= 4 is 0 Å². The van der Waals surface area contributed by atoms with Crippen LogP contribution in [0.1, 0.15) is 46.2 Å². The summed E-state index contributed by atoms with van der Waals surface area (Å²) in [5, 5.41) is 10.7. The fraction of sp³-hybridized carbons (Fsp3) is 0.692. The zero-order chi connectivity index (χ0) is 12.2. The molecule has 1 rings (SSSR count). The summed E-state index contributed by atoms with van der Waals surface area (Å²) in [6.45, 7) is 8.45. The topological polar surface area (TPSA) is 46.0 Å². The Bertz CT molecular complexity index is 299. The second kappa shape index (κ2) is 5.39. The molecule has 3 heteroatoms. The van der Waals surface area contributed by atoms with Crippen molar-refractivity contribution < 1.29 is 5.11 Å². The van der Waals surface area contributed by atoms with Crippen molar-refractivity contribution in [1.29, 1.82) is 0 Å². The molecule has 0 amide bonds. The normalized spacial score (nSPS) is 12.4. The summed E-state index contributed by atoms with van der Waals surface area (Å²) in [4.78, 5) is 8.29. The zero-order valence-corrected chi connectivity index (χ0v) is 10.6. The number of rotatable bonds is 5. The fourth-order valence-electron chi connectivity index (χ4n) is 2.18. The Morgan fingerprint density at radius 1 is 1.12 bits per heavy atom. The molecule has 1 N–H and O–H groups in total. The number of hydrogen-bond acceptors (Lipinski definition) is 3. The molecular formula is C13H22N2O. The summed E-state index contributed by atoms with van der Waals surface area (Å²) in [6, 6.07) is 0. The molecule has 0 atom stereocenters. The highest BCUT2D eigenvalue weighted by Crippen LogP contribution is 2.33. The Kier molecular flexibility index (Phi) is 4.42. The van der Waals surface area contributed by atoms with Crippen LogP contribution in [0.25, 0.3) is 0 Å². The van der Waals surface area contributed by atoms with Crippen LogP contribution in [0.4, 0.5) is 0 Å². The van der Waals surface area contributed by atoms with Crippen LogP contribution in [0.3, 0.4) is 0 Å². The van der Waals surface area contributed by atoms with E-state index in [2.05, 4.69) is 37.7 Å². The number of nitrogens with zero attached hydrogens (tertiary/aromatic N) is 2. The largest absolute Gasteiger partial charge is 0.383 e. The van der Waals surface area contributed by atoms with Crippen LogP contribution in [0.2, 0.25) is 0 Å². The van der Waals surface area contributed by atoms with Gasteiger partial charge in [-0.2, -0.15) is 0 Å². The van der Waals surface area contributed by atoms with E-state index in [4.69, 9.17) is 0 Å². The maximum absolute atomic E-state index is 10.7. The van der Waals surface area contributed by atoms with Crippen molar-refractivity contribution in [2.45, 2.75) is 46.1 Å². The lowest BCUT2D eigenvalue weighted by Crippen LogP contribution is -2.30. The maximum Gasteiger partial charge on any atom is 0.109 e. The van der Waals surface area contributed by atoms with Crippen LogP contribution in [0.5, 0.6) is 0 Å². The summed E-state index contributed by atoms with van der Waals surface area (Å²) >= 11 is 0. The molecule has 1 aromatic heterocycles. The third-order valence-electron chi connectivity index (χ3n) is 2.53. The molecule has 0 spiro atoms. The van der Waals surface area contributed by atoms with Crippen molar-refractivity contribution in [3.63, 3.8) is 0 Å². The average Bonchev–Trinajstić information content (AvgIpc) is 2.16. The molecule has 1 aromatic rings. The van der Waals surface area contributed by atoms with Gasteiger partial charge in [0.2, 0.25) is 0 Å². The van der Waals surface area contributed by atoms with Gasteiger partial charge >= 0.3 is 0 Å². The van der Waals surface area contributed by atoms with Gasteiger partial charge in [-0.15, -0.1) is 0 Å². The predicted molar refractivity (Wildman–Crippen MR) is 64.8 cm³/mol. The minimum absolute atomic E-state index is 0.436. The van der Waals surface area contributed by atoms with Gasteiger partial charge in [0.1, 0.15) is 5.60 Å². The molecule has 0 unspecified atom stereocenters. The Morgan fingerprint density at radius 2 is 1.69 bits per heavy atom. The van der Waals surface area contributed by atoms with Crippen molar-refractivity contribution in [2.24, 2.45) is 11.8 Å². The first-order chi connectivity index (χ1) is 7.44. The van der Waals surface area contributed by atoms with Crippen molar-refractivity contribution in [2.75, 3.05) is 0 Å². The molecule has 0 saturated carbocycles. The highest BCUT2D eigenvalue weighted by atomic mass is 16.3. The molecular weight excluding hydrogens is 200 g/mol. The molecule has 0 aliphatic heterocycles. The molecule has 0 fully saturated rings. The van der Waals surface area contributed by atoms with E-state index in [1.807, 2.05) is 0 Å². The van der Waals surface area contributed by atoms with Crippen LogP contribution in [0, 0.1) is 11.8 Å². The molecule has 0 bridgehead atoms. The standard InChI is InChI=1S/C13H22N2O/c1-10(2)7-13(16,8-11(3)4)12-9-14-5-6-15-12/h5-6,9-11,16H,7-8H2,1-4H3. The lowest BCUT2D eigenvalue weighted by molar-refractivity contribution is -0.00879. The first-order valence-electron chi connectivity index (χ1n) is 5.93. The minimum Gasteiger partial charge on any atom is -0.383 e. The number of aliphatic hydroxyl groups is 1. The second-order valence-electron chi connectivity index (χ2n) is 5.32. The average molecular weight is 222 g/mol. The van der Waals surface area contributed by atoms with Crippen molar-refractivity contribution in [1.82, 2.24) is 9.97 Å². The molecule has 90 valence electrons. The Hall–Kier alpha value is -0.960. The molecule has 0 saturated heterocycles. The summed E-state index contributed by atoms with van der Waals surface area (Å²) in [5.41, 5.74) is -0.145. The first-order valence-corrected chi connectivity index (χ1v) is 5.93. The molecule has 3 nitrogen and oxygen atoms in total. The Labute approximate surface area is 97.9 Å². The third kappa shape index (κ3) is 3.56. The predicted octanol–water partition coefficient (Wildman–Crippen LogP) is 2.76. The molecule has 1 heterocycles. The summed E-state index contributed by atoms with van der Waals surface area (Å²) in [6.07, 6.45) is 6.40. The van der Waals surface area contributed by atoms with E-state index < -0.39 is 5.60 Å². The van der Waals surface area contributed by atoms with Crippen LogP contribution in [-0.2, 0) is 5.60 Å². The molecule has 0 aromatic carbocycles. The lowest BCUT2D eigenvalue weighted by atomic mass is 9.83. The van der Waals surface area contributed by atoms with Gasteiger partial charge in [0, 0.05) is 12.4 Å². The summed E-state index contributed by atoms with van der Waals surface area (Å²) in [7, 11) is 0. The van der Waals surface area contributed by atoms with Crippen LogP contribution in [0.15, 0.2) is 18.6 Å². The van der Waals surface area contributed by atoms with Gasteiger partial charge in [-0.3, -0.25) is 9.97 Å². The van der Waals surface area contributed by atoms with E-state index in [-0.39, 0.29) is 0 Å². The maximum atomic E-state index is 10.7. The number of hydrogen-bond donors (Lipinski definition) is 1. The SMILES string of the molecule is CC(C)CC(O)(CC(C)C)c1cnccn1. The van der Waals surface area contributed by atoms with Gasteiger partial charge in [-0.25, -0.2) is 0 Å². The van der Waals surface area contributed by atoms with Gasteiger partial charge in [-0.1, -0.05) is 27.7 Å². The summed E-state index contributed by atoms with van der Waals surface area (Å²) < 4.78 is 0. The smallest absolute Gasteiger partial charge is 0.109 e. The molecule has 0 aliphatic rings. The van der Waals surface area contributed by atoms with Crippen LogP contribution < -0.4 is 0 Å². The van der Waals surface area contributed by atoms with Gasteiger partial charge < -0.3 is 5.11 Å². The van der Waals surface area contributed by atoms with E-state index in [1.165, 1.54) is 0 Å². The van der Waals surface area contributed by atoms with Crippen molar-refractivity contribution in [3.8, 4) is 0 Å².